The first-order valence-electron chi connectivity index (χ1n) is 11.4. The standard InChI is InChI=1S/C23H28N8O/c1-12-17-8-31(9-18(12)17)23-24-6-15(13(2)26-23)7-30-10-20(25-11-30)22(32)27-19-5-4-16-14(3)28-29-21(16)19/h6,10-12,17-19H,4-5,7-9H2,1-3H3,(H,27,32)(H,28,29)/t12?,17-,18?,19-/m1/s1. The number of hydrogen-bond donors (Lipinski definition) is 2. The minimum absolute atomic E-state index is 0.0598. The van der Waals surface area contributed by atoms with E-state index in [9.17, 15) is 4.79 Å². The van der Waals surface area contributed by atoms with Crippen LogP contribution in [0.1, 0.15) is 58.1 Å². The van der Waals surface area contributed by atoms with Gasteiger partial charge in [0.1, 0.15) is 5.69 Å². The summed E-state index contributed by atoms with van der Waals surface area (Å²) in [6.07, 6.45) is 7.19. The molecule has 32 heavy (non-hydrogen) atoms. The van der Waals surface area contributed by atoms with E-state index in [2.05, 4.69) is 37.3 Å². The molecule has 2 unspecified atom stereocenters. The van der Waals surface area contributed by atoms with Crippen molar-refractivity contribution < 1.29 is 4.79 Å². The van der Waals surface area contributed by atoms with Crippen molar-refractivity contribution in [1.82, 2.24) is 35.0 Å². The zero-order chi connectivity index (χ0) is 22.0. The fourth-order valence-electron chi connectivity index (χ4n) is 5.41. The normalized spacial score (nSPS) is 25.7. The number of rotatable bonds is 5. The quantitative estimate of drug-likeness (QED) is 0.640. The Morgan fingerprint density at radius 1 is 1.25 bits per heavy atom. The highest BCUT2D eigenvalue weighted by molar-refractivity contribution is 5.92. The summed E-state index contributed by atoms with van der Waals surface area (Å²) < 4.78 is 1.91. The largest absolute Gasteiger partial charge is 0.342 e. The van der Waals surface area contributed by atoms with Gasteiger partial charge in [-0.05, 0) is 50.0 Å². The third-order valence-electron chi connectivity index (χ3n) is 7.62. The van der Waals surface area contributed by atoms with Crippen molar-refractivity contribution in [2.75, 3.05) is 18.0 Å². The molecule has 1 aliphatic heterocycles. The van der Waals surface area contributed by atoms with E-state index in [1.165, 1.54) is 5.56 Å². The molecule has 2 N–H and O–H groups in total. The van der Waals surface area contributed by atoms with E-state index < -0.39 is 0 Å². The summed E-state index contributed by atoms with van der Waals surface area (Å²) in [5, 5.41) is 10.4. The number of piperidine rings is 1. The predicted octanol–water partition coefficient (Wildman–Crippen LogP) is 2.18. The molecule has 4 heterocycles. The van der Waals surface area contributed by atoms with Gasteiger partial charge in [-0.3, -0.25) is 9.89 Å². The molecule has 0 aromatic carbocycles. The van der Waals surface area contributed by atoms with Crippen molar-refractivity contribution in [2.24, 2.45) is 17.8 Å². The molecule has 0 bridgehead atoms. The van der Waals surface area contributed by atoms with Gasteiger partial charge in [0.2, 0.25) is 5.95 Å². The lowest BCUT2D eigenvalue weighted by Gasteiger charge is -2.19. The molecule has 4 atom stereocenters. The van der Waals surface area contributed by atoms with Crippen LogP contribution in [0.3, 0.4) is 0 Å². The van der Waals surface area contributed by atoms with Gasteiger partial charge in [0.05, 0.1) is 24.6 Å². The van der Waals surface area contributed by atoms with Crippen LogP contribution in [-0.2, 0) is 13.0 Å². The van der Waals surface area contributed by atoms with Gasteiger partial charge in [0.15, 0.2) is 0 Å². The zero-order valence-electron chi connectivity index (χ0n) is 18.7. The molecular weight excluding hydrogens is 404 g/mol. The van der Waals surface area contributed by atoms with Crippen LogP contribution < -0.4 is 10.2 Å². The third-order valence-corrected chi connectivity index (χ3v) is 7.62. The van der Waals surface area contributed by atoms with E-state index in [0.717, 1.165) is 72.3 Å². The lowest BCUT2D eigenvalue weighted by Crippen LogP contribution is -2.27. The van der Waals surface area contributed by atoms with Gasteiger partial charge in [0, 0.05) is 42.4 Å². The summed E-state index contributed by atoms with van der Waals surface area (Å²) in [7, 11) is 0. The number of anilines is 1. The van der Waals surface area contributed by atoms with Gasteiger partial charge in [-0.1, -0.05) is 6.92 Å². The average Bonchev–Trinajstić information content (AvgIpc) is 3.36. The summed E-state index contributed by atoms with van der Waals surface area (Å²) in [5.74, 6) is 3.16. The van der Waals surface area contributed by atoms with E-state index >= 15 is 0 Å². The Morgan fingerprint density at radius 3 is 2.84 bits per heavy atom. The fourth-order valence-corrected chi connectivity index (χ4v) is 5.41. The van der Waals surface area contributed by atoms with Crippen molar-refractivity contribution in [3.05, 3.63) is 52.6 Å². The van der Waals surface area contributed by atoms with Gasteiger partial charge < -0.3 is 14.8 Å². The molecule has 0 radical (unpaired) electrons. The van der Waals surface area contributed by atoms with Crippen LogP contribution in [0, 0.1) is 31.6 Å². The second-order valence-electron chi connectivity index (χ2n) is 9.58. The van der Waals surface area contributed by atoms with Crippen LogP contribution in [0.4, 0.5) is 5.95 Å². The van der Waals surface area contributed by atoms with E-state index in [-0.39, 0.29) is 11.9 Å². The minimum Gasteiger partial charge on any atom is -0.342 e. The van der Waals surface area contributed by atoms with Gasteiger partial charge >= 0.3 is 0 Å². The number of fused-ring (bicyclic) bond motifs is 2. The van der Waals surface area contributed by atoms with Crippen LogP contribution in [0.15, 0.2) is 18.7 Å². The number of carbonyl (C=O) groups excluding carboxylic acids is 1. The number of nitrogens with zero attached hydrogens (tertiary/aromatic N) is 6. The molecule has 3 aromatic heterocycles. The number of nitrogens with one attached hydrogen (secondary N) is 2. The first-order valence-corrected chi connectivity index (χ1v) is 11.4. The van der Waals surface area contributed by atoms with E-state index in [1.54, 1.807) is 12.5 Å². The summed E-state index contributed by atoms with van der Waals surface area (Å²) in [5.41, 5.74) is 5.67. The van der Waals surface area contributed by atoms with E-state index in [0.29, 0.717) is 12.2 Å². The van der Waals surface area contributed by atoms with Crippen molar-refractivity contribution >= 4 is 11.9 Å². The number of aromatic nitrogens is 6. The summed E-state index contributed by atoms with van der Waals surface area (Å²) in [4.78, 5) is 28.7. The first-order chi connectivity index (χ1) is 15.5. The van der Waals surface area contributed by atoms with Crippen molar-refractivity contribution in [1.29, 1.82) is 0 Å². The molecule has 6 rings (SSSR count). The molecule has 1 amide bonds. The number of aromatic amines is 1. The lowest BCUT2D eigenvalue weighted by molar-refractivity contribution is 0.0931. The second-order valence-corrected chi connectivity index (χ2v) is 9.58. The van der Waals surface area contributed by atoms with Crippen molar-refractivity contribution in [3.8, 4) is 0 Å². The molecule has 3 aliphatic rings. The number of amides is 1. The Morgan fingerprint density at radius 2 is 2.06 bits per heavy atom. The maximum absolute atomic E-state index is 12.7. The van der Waals surface area contributed by atoms with Gasteiger partial charge in [0.25, 0.3) is 5.91 Å². The Bertz CT molecular complexity index is 1180. The van der Waals surface area contributed by atoms with Gasteiger partial charge in [-0.15, -0.1) is 0 Å². The third kappa shape index (κ3) is 3.18. The SMILES string of the molecule is Cc1nc(N2CC3C(C)[C@H]3C2)ncc1Cn1cnc(C(=O)N[C@@H]2CCc3c2n[nH]c3C)c1. The topological polar surface area (TPSA) is 105 Å². The molecule has 9 heteroatoms. The number of H-pyrrole nitrogens is 1. The number of aryl methyl sites for hydroxylation is 2. The van der Waals surface area contributed by atoms with Crippen LogP contribution in [0.25, 0.3) is 0 Å². The van der Waals surface area contributed by atoms with E-state index in [4.69, 9.17) is 4.98 Å². The second kappa shape index (κ2) is 7.15. The molecule has 166 valence electrons. The summed E-state index contributed by atoms with van der Waals surface area (Å²) in [6.45, 7) is 9.11. The lowest BCUT2D eigenvalue weighted by atomic mass is 10.2. The van der Waals surface area contributed by atoms with Crippen LogP contribution in [0.5, 0.6) is 0 Å². The maximum atomic E-state index is 12.7. The highest BCUT2D eigenvalue weighted by atomic mass is 16.2. The number of hydrogen-bond acceptors (Lipinski definition) is 6. The fraction of sp³-hybridized carbons (Fsp3) is 0.522. The van der Waals surface area contributed by atoms with Gasteiger partial charge in [-0.25, -0.2) is 15.0 Å². The highest BCUT2D eigenvalue weighted by Crippen LogP contribution is 2.51. The Balaban J connectivity index is 1.10. The molecule has 9 nitrogen and oxygen atoms in total. The van der Waals surface area contributed by atoms with Crippen LogP contribution >= 0.6 is 0 Å². The molecular formula is C23H28N8O. The first kappa shape index (κ1) is 19.5. The van der Waals surface area contributed by atoms with E-state index in [1.807, 2.05) is 24.6 Å². The highest BCUT2D eigenvalue weighted by Gasteiger charge is 2.53. The molecule has 2 fully saturated rings. The predicted molar refractivity (Wildman–Crippen MR) is 118 cm³/mol. The smallest absolute Gasteiger partial charge is 0.272 e. The summed E-state index contributed by atoms with van der Waals surface area (Å²) in [6, 6.07) is -0.0598. The molecule has 1 saturated carbocycles. The molecule has 2 aliphatic carbocycles. The van der Waals surface area contributed by atoms with Crippen molar-refractivity contribution in [2.45, 2.75) is 46.2 Å². The summed E-state index contributed by atoms with van der Waals surface area (Å²) >= 11 is 0. The van der Waals surface area contributed by atoms with Crippen molar-refractivity contribution in [3.63, 3.8) is 0 Å². The zero-order valence-corrected chi connectivity index (χ0v) is 18.7. The Kier molecular flexibility index (Phi) is 4.34. The molecule has 0 spiro atoms. The monoisotopic (exact) mass is 432 g/mol. The maximum Gasteiger partial charge on any atom is 0.272 e. The average molecular weight is 433 g/mol. The van der Waals surface area contributed by atoms with Crippen LogP contribution in [-0.4, -0.2) is 48.7 Å². The van der Waals surface area contributed by atoms with Gasteiger partial charge in [-0.2, -0.15) is 5.10 Å². The number of imidazole rings is 1. The number of carbonyl (C=O) groups is 1. The molecule has 1 saturated heterocycles. The molecule has 3 aromatic rings. The van der Waals surface area contributed by atoms with Crippen LogP contribution in [0.2, 0.25) is 0 Å². The minimum atomic E-state index is -0.174. The Hall–Kier alpha value is -3.23. The Labute approximate surface area is 186 Å².